The molecule has 19 heavy (non-hydrogen) atoms. The fourth-order valence-corrected chi connectivity index (χ4v) is 3.82. The zero-order valence-electron chi connectivity index (χ0n) is 11.6. The Kier molecular flexibility index (Phi) is 2.88. The number of aliphatic hydroxyl groups is 1. The summed E-state index contributed by atoms with van der Waals surface area (Å²) in [4.78, 5) is 2.40. The number of rotatable bonds is 1. The fourth-order valence-electron chi connectivity index (χ4n) is 3.82. The Morgan fingerprint density at radius 3 is 2.53 bits per heavy atom. The van der Waals surface area contributed by atoms with Crippen molar-refractivity contribution in [2.75, 3.05) is 7.05 Å². The second-order valence-corrected chi connectivity index (χ2v) is 6.15. The summed E-state index contributed by atoms with van der Waals surface area (Å²) >= 11 is 0. The van der Waals surface area contributed by atoms with Crippen LogP contribution in [-0.4, -0.2) is 29.1 Å². The summed E-state index contributed by atoms with van der Waals surface area (Å²) in [6, 6.07) is 8.98. The van der Waals surface area contributed by atoms with Crippen molar-refractivity contribution in [2.45, 2.75) is 50.3 Å². The number of aryl methyl sites for hydroxylation is 1. The van der Waals surface area contributed by atoms with E-state index in [-0.39, 0.29) is 0 Å². The quantitative estimate of drug-likeness (QED) is 0.838. The van der Waals surface area contributed by atoms with E-state index < -0.39 is 5.60 Å². The Labute approximate surface area is 114 Å². The average molecular weight is 256 g/mol. The normalized spacial score (nSPS) is 34.2. The van der Waals surface area contributed by atoms with Gasteiger partial charge >= 0.3 is 0 Å². The van der Waals surface area contributed by atoms with E-state index in [1.165, 1.54) is 0 Å². The molecule has 2 saturated heterocycles. The van der Waals surface area contributed by atoms with Gasteiger partial charge < -0.3 is 10.0 Å². The lowest BCUT2D eigenvalue weighted by molar-refractivity contribution is -0.0495. The molecule has 2 aliphatic heterocycles. The van der Waals surface area contributed by atoms with E-state index in [9.17, 15) is 10.4 Å². The lowest BCUT2D eigenvalue weighted by atomic mass is 9.78. The van der Waals surface area contributed by atoms with E-state index in [4.69, 9.17) is 0 Å². The number of nitrogens with zero attached hydrogens (tertiary/aromatic N) is 2. The Morgan fingerprint density at radius 1 is 1.32 bits per heavy atom. The maximum Gasteiger partial charge on any atom is 0.0995 e. The highest BCUT2D eigenvalue weighted by atomic mass is 16.3. The van der Waals surface area contributed by atoms with E-state index >= 15 is 0 Å². The van der Waals surface area contributed by atoms with Gasteiger partial charge in [-0.25, -0.2) is 0 Å². The Balaban J connectivity index is 2.01. The highest BCUT2D eigenvalue weighted by molar-refractivity contribution is 5.44. The minimum Gasteiger partial charge on any atom is -0.385 e. The van der Waals surface area contributed by atoms with E-state index in [1.807, 2.05) is 25.1 Å². The van der Waals surface area contributed by atoms with Gasteiger partial charge in [-0.05, 0) is 51.3 Å². The van der Waals surface area contributed by atoms with Gasteiger partial charge in [0.25, 0.3) is 0 Å². The molecule has 0 aromatic heterocycles. The number of piperidine rings is 1. The van der Waals surface area contributed by atoms with Gasteiger partial charge in [-0.2, -0.15) is 5.26 Å². The third-order valence-electron chi connectivity index (χ3n) is 4.93. The van der Waals surface area contributed by atoms with Crippen molar-refractivity contribution < 1.29 is 5.11 Å². The summed E-state index contributed by atoms with van der Waals surface area (Å²) in [5.41, 5.74) is 1.70. The zero-order valence-corrected chi connectivity index (χ0v) is 11.6. The number of nitriles is 1. The van der Waals surface area contributed by atoms with Crippen LogP contribution >= 0.6 is 0 Å². The smallest absolute Gasteiger partial charge is 0.0995 e. The summed E-state index contributed by atoms with van der Waals surface area (Å²) < 4.78 is 0. The van der Waals surface area contributed by atoms with Gasteiger partial charge in [0.1, 0.15) is 0 Å². The van der Waals surface area contributed by atoms with Crippen molar-refractivity contribution in [3.63, 3.8) is 0 Å². The topological polar surface area (TPSA) is 47.3 Å². The van der Waals surface area contributed by atoms with Crippen LogP contribution in [-0.2, 0) is 5.60 Å². The molecule has 3 rings (SSSR count). The highest BCUT2D eigenvalue weighted by Gasteiger charge is 2.47. The van der Waals surface area contributed by atoms with Crippen molar-refractivity contribution in [3.05, 3.63) is 34.9 Å². The number of hydrogen-bond acceptors (Lipinski definition) is 3. The molecule has 0 radical (unpaired) electrons. The molecule has 100 valence electrons. The molecule has 2 unspecified atom stereocenters. The molecule has 2 atom stereocenters. The van der Waals surface area contributed by atoms with E-state index in [2.05, 4.69) is 18.0 Å². The molecule has 1 aromatic carbocycles. The number of benzene rings is 1. The van der Waals surface area contributed by atoms with Gasteiger partial charge in [0.05, 0.1) is 17.2 Å². The Morgan fingerprint density at radius 2 is 1.95 bits per heavy atom. The molecule has 2 heterocycles. The standard InChI is InChI=1S/C16H20N2O/c1-11-3-6-15(12(7-11)10-17)16(19)8-13-4-5-14(9-16)18(13)2/h3,6-7,13-14,19H,4-5,8-9H2,1-2H3. The maximum atomic E-state index is 11.1. The SMILES string of the molecule is Cc1ccc(C2(O)CC3CCC(C2)N3C)c(C#N)c1. The molecule has 0 saturated carbocycles. The fraction of sp³-hybridized carbons (Fsp3) is 0.562. The largest absolute Gasteiger partial charge is 0.385 e. The summed E-state index contributed by atoms with van der Waals surface area (Å²) in [6.45, 7) is 1.98. The summed E-state index contributed by atoms with van der Waals surface area (Å²) in [5.74, 6) is 0. The van der Waals surface area contributed by atoms with Crippen molar-refractivity contribution in [1.82, 2.24) is 4.90 Å². The number of hydrogen-bond donors (Lipinski definition) is 1. The van der Waals surface area contributed by atoms with Crippen molar-refractivity contribution in [1.29, 1.82) is 5.26 Å². The first-order valence-corrected chi connectivity index (χ1v) is 6.99. The second kappa shape index (κ2) is 4.33. The molecule has 2 aliphatic rings. The zero-order chi connectivity index (χ0) is 13.6. The second-order valence-electron chi connectivity index (χ2n) is 6.15. The van der Waals surface area contributed by atoms with Gasteiger partial charge in [-0.1, -0.05) is 12.1 Å². The molecule has 1 N–H and O–H groups in total. The first-order chi connectivity index (χ1) is 9.03. The molecule has 3 heteroatoms. The lowest BCUT2D eigenvalue weighted by Gasteiger charge is -2.42. The average Bonchev–Trinajstić information content (AvgIpc) is 2.62. The van der Waals surface area contributed by atoms with Gasteiger partial charge in [-0.15, -0.1) is 0 Å². The number of fused-ring (bicyclic) bond motifs is 2. The van der Waals surface area contributed by atoms with Gasteiger partial charge in [-0.3, -0.25) is 0 Å². The first-order valence-electron chi connectivity index (χ1n) is 6.99. The molecule has 0 aliphatic carbocycles. The molecule has 2 bridgehead atoms. The summed E-state index contributed by atoms with van der Waals surface area (Å²) in [6.07, 6.45) is 3.82. The van der Waals surface area contributed by atoms with E-state index in [0.717, 1.165) is 36.8 Å². The maximum absolute atomic E-state index is 11.1. The summed E-state index contributed by atoms with van der Waals surface area (Å²) in [5, 5.41) is 20.4. The van der Waals surface area contributed by atoms with Crippen LogP contribution in [0.1, 0.15) is 42.4 Å². The first kappa shape index (κ1) is 12.7. The van der Waals surface area contributed by atoms with E-state index in [0.29, 0.717) is 17.6 Å². The minimum absolute atomic E-state index is 0.455. The van der Waals surface area contributed by atoms with Crippen LogP contribution in [0.5, 0.6) is 0 Å². The molecule has 1 aromatic rings. The van der Waals surface area contributed by atoms with Crippen LogP contribution in [0.3, 0.4) is 0 Å². The van der Waals surface area contributed by atoms with Crippen LogP contribution in [0, 0.1) is 18.3 Å². The van der Waals surface area contributed by atoms with Gasteiger partial charge in [0, 0.05) is 17.6 Å². The monoisotopic (exact) mass is 256 g/mol. The lowest BCUT2D eigenvalue weighted by Crippen LogP contribution is -2.47. The van der Waals surface area contributed by atoms with Gasteiger partial charge in [0.2, 0.25) is 0 Å². The third kappa shape index (κ3) is 1.96. The third-order valence-corrected chi connectivity index (χ3v) is 4.93. The molecule has 3 nitrogen and oxygen atoms in total. The van der Waals surface area contributed by atoms with Crippen LogP contribution < -0.4 is 0 Å². The molecule has 0 spiro atoms. The minimum atomic E-state index is -0.822. The predicted octanol–water partition coefficient (Wildman–Crippen LogP) is 2.31. The Bertz CT molecular complexity index is 532. The molecular weight excluding hydrogens is 236 g/mol. The van der Waals surface area contributed by atoms with Crippen LogP contribution in [0.25, 0.3) is 0 Å². The van der Waals surface area contributed by atoms with E-state index in [1.54, 1.807) is 0 Å². The predicted molar refractivity (Wildman–Crippen MR) is 73.6 cm³/mol. The van der Waals surface area contributed by atoms with Crippen LogP contribution in [0.2, 0.25) is 0 Å². The molecular formula is C16H20N2O. The van der Waals surface area contributed by atoms with Crippen LogP contribution in [0.4, 0.5) is 0 Å². The Hall–Kier alpha value is -1.37. The van der Waals surface area contributed by atoms with Crippen molar-refractivity contribution >= 4 is 0 Å². The molecule has 2 fully saturated rings. The van der Waals surface area contributed by atoms with Crippen molar-refractivity contribution in [2.24, 2.45) is 0 Å². The highest BCUT2D eigenvalue weighted by Crippen LogP contribution is 2.45. The van der Waals surface area contributed by atoms with Crippen LogP contribution in [0.15, 0.2) is 18.2 Å². The summed E-state index contributed by atoms with van der Waals surface area (Å²) in [7, 11) is 2.16. The molecule has 0 amide bonds. The van der Waals surface area contributed by atoms with Gasteiger partial charge in [0.15, 0.2) is 0 Å². The van der Waals surface area contributed by atoms with Crippen molar-refractivity contribution in [3.8, 4) is 6.07 Å².